The van der Waals surface area contributed by atoms with E-state index >= 15 is 0 Å². The molecule has 1 aromatic carbocycles. The lowest BCUT2D eigenvalue weighted by molar-refractivity contribution is -0.109. The summed E-state index contributed by atoms with van der Waals surface area (Å²) in [6.07, 6.45) is 2.16. The monoisotopic (exact) mass is 270 g/mol. The highest BCUT2D eigenvalue weighted by molar-refractivity contribution is 6.43. The Hall–Kier alpha value is -2.11. The van der Waals surface area contributed by atoms with Gasteiger partial charge in [-0.05, 0) is 12.5 Å². The minimum atomic E-state index is -1.55. The number of hydrogen-bond donors (Lipinski definition) is 1. The van der Waals surface area contributed by atoms with Crippen LogP contribution in [0.15, 0.2) is 29.9 Å². The predicted octanol–water partition coefficient (Wildman–Crippen LogP) is 3.43. The van der Waals surface area contributed by atoms with Gasteiger partial charge in [0, 0.05) is 12.1 Å². The average Bonchev–Trinajstić information content (AvgIpc) is 2.39. The van der Waals surface area contributed by atoms with Gasteiger partial charge in [-0.3, -0.25) is 10.2 Å². The van der Waals surface area contributed by atoms with Gasteiger partial charge in [0.25, 0.3) is 0 Å². The van der Waals surface area contributed by atoms with E-state index < -0.39 is 17.5 Å². The third-order valence-corrected chi connectivity index (χ3v) is 2.26. The molecule has 0 amide bonds. The quantitative estimate of drug-likeness (QED) is 0.372. The zero-order chi connectivity index (χ0) is 14.4. The number of nitrogens with zero attached hydrogens (tertiary/aromatic N) is 1. The van der Waals surface area contributed by atoms with Gasteiger partial charge in [0.05, 0.1) is 5.69 Å². The lowest BCUT2D eigenvalue weighted by atomic mass is 10.1. The van der Waals surface area contributed by atoms with Crippen LogP contribution in [0.4, 0.5) is 18.9 Å². The molecular formula is C13H13F3N2O. The van der Waals surface area contributed by atoms with Gasteiger partial charge >= 0.3 is 0 Å². The van der Waals surface area contributed by atoms with Crippen LogP contribution in [0.25, 0.3) is 0 Å². The smallest absolute Gasteiger partial charge is 0.201 e. The Kier molecular flexibility index (Phi) is 5.29. The number of halogens is 3. The number of hydrazone groups is 1. The fourth-order valence-electron chi connectivity index (χ4n) is 1.34. The molecule has 0 unspecified atom stereocenters. The van der Waals surface area contributed by atoms with Crippen LogP contribution in [0, 0.1) is 17.5 Å². The second-order valence-electron chi connectivity index (χ2n) is 3.74. The second-order valence-corrected chi connectivity index (χ2v) is 3.74. The van der Waals surface area contributed by atoms with Crippen molar-refractivity contribution in [1.29, 1.82) is 0 Å². The van der Waals surface area contributed by atoms with Crippen molar-refractivity contribution < 1.29 is 18.0 Å². The van der Waals surface area contributed by atoms with Crippen LogP contribution >= 0.6 is 0 Å². The van der Waals surface area contributed by atoms with E-state index in [9.17, 15) is 18.0 Å². The van der Waals surface area contributed by atoms with Crippen LogP contribution in [0.1, 0.15) is 19.8 Å². The summed E-state index contributed by atoms with van der Waals surface area (Å²) in [6, 6.07) is 1.51. The Morgan fingerprint density at radius 1 is 1.37 bits per heavy atom. The van der Waals surface area contributed by atoms with Gasteiger partial charge in [0.15, 0.2) is 17.5 Å². The second kappa shape index (κ2) is 6.72. The number of rotatable bonds is 6. The predicted molar refractivity (Wildman–Crippen MR) is 67.5 cm³/mol. The summed E-state index contributed by atoms with van der Waals surface area (Å²) in [4.78, 5) is 11.4. The van der Waals surface area contributed by atoms with Crippen molar-refractivity contribution in [2.24, 2.45) is 5.10 Å². The van der Waals surface area contributed by atoms with E-state index in [0.717, 1.165) is 18.2 Å². The first kappa shape index (κ1) is 14.9. The van der Waals surface area contributed by atoms with E-state index in [0.29, 0.717) is 12.8 Å². The zero-order valence-electron chi connectivity index (χ0n) is 10.3. The molecule has 0 radical (unpaired) electrons. The fraction of sp³-hybridized carbons (Fsp3) is 0.231. The highest BCUT2D eigenvalue weighted by Crippen LogP contribution is 2.17. The molecule has 19 heavy (non-hydrogen) atoms. The molecule has 0 fully saturated rings. The standard InChI is InChI=1S/C13H13F3N2O/c1-3-5-11(12(19)4-2)18-17-8-6-9(14)13(16)10(15)7-8/h4,6-7,17H,2-3,5H2,1H3/b18-11-. The van der Waals surface area contributed by atoms with Crippen molar-refractivity contribution in [3.63, 3.8) is 0 Å². The highest BCUT2D eigenvalue weighted by Gasteiger charge is 2.11. The fourth-order valence-corrected chi connectivity index (χ4v) is 1.34. The Morgan fingerprint density at radius 2 is 1.95 bits per heavy atom. The molecule has 6 heteroatoms. The Morgan fingerprint density at radius 3 is 2.42 bits per heavy atom. The Balaban J connectivity index is 2.94. The number of carbonyl (C=O) groups is 1. The maximum absolute atomic E-state index is 13.0. The van der Waals surface area contributed by atoms with Crippen LogP contribution in [0.3, 0.4) is 0 Å². The van der Waals surface area contributed by atoms with Crippen molar-refractivity contribution in [2.75, 3.05) is 5.43 Å². The van der Waals surface area contributed by atoms with Gasteiger partial charge in [-0.25, -0.2) is 13.2 Å². The lowest BCUT2D eigenvalue weighted by Gasteiger charge is -2.05. The van der Waals surface area contributed by atoms with E-state index in [4.69, 9.17) is 0 Å². The maximum atomic E-state index is 13.0. The molecule has 0 bridgehead atoms. The summed E-state index contributed by atoms with van der Waals surface area (Å²) < 4.78 is 38.6. The number of allylic oxidation sites excluding steroid dienone is 1. The normalized spacial score (nSPS) is 11.3. The van der Waals surface area contributed by atoms with Crippen LogP contribution in [-0.2, 0) is 4.79 Å². The number of carbonyl (C=O) groups excluding carboxylic acids is 1. The summed E-state index contributed by atoms with van der Waals surface area (Å²) in [5.41, 5.74) is 2.43. The van der Waals surface area contributed by atoms with E-state index in [-0.39, 0.29) is 17.2 Å². The first-order valence-corrected chi connectivity index (χ1v) is 5.63. The minimum Gasteiger partial charge on any atom is -0.288 e. The average molecular weight is 270 g/mol. The van der Waals surface area contributed by atoms with Gasteiger partial charge in [0.2, 0.25) is 5.78 Å². The molecule has 0 saturated heterocycles. The molecular weight excluding hydrogens is 257 g/mol. The van der Waals surface area contributed by atoms with E-state index in [1.807, 2.05) is 6.92 Å². The summed E-state index contributed by atoms with van der Waals surface area (Å²) in [7, 11) is 0. The molecule has 0 spiro atoms. The first-order chi connectivity index (χ1) is 8.99. The van der Waals surface area contributed by atoms with Crippen molar-refractivity contribution in [3.05, 3.63) is 42.2 Å². The Labute approximate surface area is 108 Å². The SMILES string of the molecule is C=CC(=O)/C(CCC)=N\Nc1cc(F)c(F)c(F)c1. The molecule has 1 N–H and O–H groups in total. The summed E-state index contributed by atoms with van der Waals surface area (Å²) in [6.45, 7) is 5.18. The van der Waals surface area contributed by atoms with Gasteiger partial charge < -0.3 is 0 Å². The molecule has 102 valence electrons. The molecule has 0 saturated carbocycles. The van der Waals surface area contributed by atoms with Crippen LogP contribution in [-0.4, -0.2) is 11.5 Å². The maximum Gasteiger partial charge on any atom is 0.201 e. The van der Waals surface area contributed by atoms with Crippen molar-refractivity contribution >= 4 is 17.2 Å². The largest absolute Gasteiger partial charge is 0.288 e. The molecule has 1 aromatic rings. The zero-order valence-corrected chi connectivity index (χ0v) is 10.3. The van der Waals surface area contributed by atoms with E-state index in [1.165, 1.54) is 0 Å². The first-order valence-electron chi connectivity index (χ1n) is 5.63. The summed E-state index contributed by atoms with van der Waals surface area (Å²) in [5.74, 6) is -4.59. The van der Waals surface area contributed by atoms with Crippen molar-refractivity contribution in [3.8, 4) is 0 Å². The molecule has 1 rings (SSSR count). The lowest BCUT2D eigenvalue weighted by Crippen LogP contribution is -2.13. The number of hydrogen-bond acceptors (Lipinski definition) is 3. The molecule has 3 nitrogen and oxygen atoms in total. The van der Waals surface area contributed by atoms with Crippen LogP contribution in [0.2, 0.25) is 0 Å². The van der Waals surface area contributed by atoms with E-state index in [1.54, 1.807) is 0 Å². The van der Waals surface area contributed by atoms with Crippen molar-refractivity contribution in [2.45, 2.75) is 19.8 Å². The molecule has 0 atom stereocenters. The Bertz CT molecular complexity index is 504. The topological polar surface area (TPSA) is 41.5 Å². The number of ketones is 1. The number of anilines is 1. The van der Waals surface area contributed by atoms with Gasteiger partial charge in [-0.2, -0.15) is 5.10 Å². The number of nitrogens with one attached hydrogen (secondary N) is 1. The molecule has 0 aliphatic rings. The van der Waals surface area contributed by atoms with Crippen molar-refractivity contribution in [1.82, 2.24) is 0 Å². The summed E-state index contributed by atoms with van der Waals surface area (Å²) in [5, 5.41) is 3.76. The summed E-state index contributed by atoms with van der Waals surface area (Å²) >= 11 is 0. The van der Waals surface area contributed by atoms with Gasteiger partial charge in [-0.15, -0.1) is 0 Å². The third kappa shape index (κ3) is 3.94. The van der Waals surface area contributed by atoms with E-state index in [2.05, 4.69) is 17.1 Å². The third-order valence-electron chi connectivity index (χ3n) is 2.26. The van der Waals surface area contributed by atoms with Gasteiger partial charge in [-0.1, -0.05) is 19.9 Å². The highest BCUT2D eigenvalue weighted by atomic mass is 19.2. The minimum absolute atomic E-state index is 0.0816. The molecule has 0 aromatic heterocycles. The molecule has 0 heterocycles. The number of benzene rings is 1. The molecule has 0 aliphatic carbocycles. The van der Waals surface area contributed by atoms with Gasteiger partial charge in [0.1, 0.15) is 5.71 Å². The van der Waals surface area contributed by atoms with Crippen LogP contribution < -0.4 is 5.43 Å². The molecule has 0 aliphatic heterocycles. The van der Waals surface area contributed by atoms with Crippen LogP contribution in [0.5, 0.6) is 0 Å².